The Balaban J connectivity index is 1.71. The fourth-order valence-corrected chi connectivity index (χ4v) is 4.40. The maximum atomic E-state index is 12.8. The van der Waals surface area contributed by atoms with E-state index in [9.17, 15) is 18.0 Å². The zero-order valence-electron chi connectivity index (χ0n) is 18.0. The van der Waals surface area contributed by atoms with E-state index in [1.807, 2.05) is 0 Å². The molecular formula is C23H20Cl2N2O6S. The molecule has 34 heavy (non-hydrogen) atoms. The van der Waals surface area contributed by atoms with Crippen LogP contribution in [0, 0.1) is 0 Å². The van der Waals surface area contributed by atoms with Crippen molar-refractivity contribution in [3.8, 4) is 5.75 Å². The van der Waals surface area contributed by atoms with Crippen LogP contribution in [-0.4, -0.2) is 33.5 Å². The molecule has 8 nitrogen and oxygen atoms in total. The lowest BCUT2D eigenvalue weighted by atomic mass is 10.2. The lowest BCUT2D eigenvalue weighted by Gasteiger charge is -2.15. The molecule has 178 valence electrons. The molecule has 0 aliphatic rings. The minimum absolute atomic E-state index is 0.0490. The third kappa shape index (κ3) is 6.19. The van der Waals surface area contributed by atoms with Crippen LogP contribution in [0.1, 0.15) is 17.3 Å². The summed E-state index contributed by atoms with van der Waals surface area (Å²) >= 11 is 11.9. The van der Waals surface area contributed by atoms with Crippen molar-refractivity contribution in [2.75, 3.05) is 17.1 Å². The molecule has 2 N–H and O–H groups in total. The largest absolute Gasteiger partial charge is 0.495 e. The topological polar surface area (TPSA) is 111 Å². The van der Waals surface area contributed by atoms with Gasteiger partial charge in [-0.3, -0.25) is 9.52 Å². The summed E-state index contributed by atoms with van der Waals surface area (Å²) in [5, 5.41) is 3.17. The summed E-state index contributed by atoms with van der Waals surface area (Å²) in [5.41, 5.74) is 0.491. The zero-order valence-corrected chi connectivity index (χ0v) is 20.4. The van der Waals surface area contributed by atoms with E-state index in [2.05, 4.69) is 10.0 Å². The first-order valence-electron chi connectivity index (χ1n) is 9.83. The second-order valence-corrected chi connectivity index (χ2v) is 9.52. The Morgan fingerprint density at radius 3 is 2.38 bits per heavy atom. The predicted octanol–water partition coefficient (Wildman–Crippen LogP) is 4.99. The minimum Gasteiger partial charge on any atom is -0.495 e. The van der Waals surface area contributed by atoms with Gasteiger partial charge in [0.25, 0.3) is 15.9 Å². The molecule has 3 aromatic carbocycles. The van der Waals surface area contributed by atoms with Gasteiger partial charge >= 0.3 is 5.97 Å². The van der Waals surface area contributed by atoms with Crippen molar-refractivity contribution < 1.29 is 27.5 Å². The third-order valence-corrected chi connectivity index (χ3v) is 6.48. The van der Waals surface area contributed by atoms with Gasteiger partial charge in [0.15, 0.2) is 6.10 Å². The summed E-state index contributed by atoms with van der Waals surface area (Å²) < 4.78 is 38.4. The van der Waals surface area contributed by atoms with E-state index in [-0.39, 0.29) is 21.2 Å². The zero-order chi connectivity index (χ0) is 24.9. The first-order chi connectivity index (χ1) is 16.1. The van der Waals surface area contributed by atoms with Gasteiger partial charge in [-0.05, 0) is 55.5 Å². The monoisotopic (exact) mass is 522 g/mol. The average Bonchev–Trinajstić information content (AvgIpc) is 2.81. The van der Waals surface area contributed by atoms with Gasteiger partial charge in [-0.15, -0.1) is 0 Å². The van der Waals surface area contributed by atoms with E-state index in [0.29, 0.717) is 16.5 Å². The number of hydrogen-bond donors (Lipinski definition) is 2. The molecule has 1 atom stereocenters. The Labute approximate surface area is 206 Å². The van der Waals surface area contributed by atoms with Gasteiger partial charge in [-0.1, -0.05) is 41.4 Å². The number of methoxy groups -OCH3 is 1. The van der Waals surface area contributed by atoms with Crippen LogP contribution < -0.4 is 14.8 Å². The molecule has 3 rings (SSSR count). The number of nitrogens with one attached hydrogen (secondary N) is 2. The molecule has 0 unspecified atom stereocenters. The van der Waals surface area contributed by atoms with Crippen molar-refractivity contribution in [2.45, 2.75) is 17.9 Å². The van der Waals surface area contributed by atoms with Crippen molar-refractivity contribution in [1.82, 2.24) is 0 Å². The minimum atomic E-state index is -4.04. The molecule has 11 heteroatoms. The lowest BCUT2D eigenvalue weighted by molar-refractivity contribution is -0.123. The molecule has 0 aliphatic heterocycles. The number of hydrogen-bond acceptors (Lipinski definition) is 6. The van der Waals surface area contributed by atoms with Crippen molar-refractivity contribution in [3.63, 3.8) is 0 Å². The molecule has 0 bridgehead atoms. The van der Waals surface area contributed by atoms with Crippen molar-refractivity contribution in [1.29, 1.82) is 0 Å². The van der Waals surface area contributed by atoms with Crippen LogP contribution in [-0.2, 0) is 19.6 Å². The number of sulfonamides is 1. The maximum Gasteiger partial charge on any atom is 0.338 e. The predicted molar refractivity (Wildman–Crippen MR) is 130 cm³/mol. The van der Waals surface area contributed by atoms with E-state index in [1.165, 1.54) is 44.4 Å². The van der Waals surface area contributed by atoms with E-state index >= 15 is 0 Å². The molecule has 0 spiro atoms. The van der Waals surface area contributed by atoms with E-state index in [1.54, 1.807) is 30.3 Å². The molecular weight excluding hydrogens is 503 g/mol. The normalized spacial score (nSPS) is 11.9. The first kappa shape index (κ1) is 25.4. The summed E-state index contributed by atoms with van der Waals surface area (Å²) in [6.07, 6.45) is -1.19. The van der Waals surface area contributed by atoms with Crippen molar-refractivity contribution >= 4 is 56.5 Å². The third-order valence-electron chi connectivity index (χ3n) is 4.57. The molecule has 0 saturated heterocycles. The molecule has 0 saturated carbocycles. The Morgan fingerprint density at radius 1 is 0.941 bits per heavy atom. The van der Waals surface area contributed by atoms with Gasteiger partial charge in [0.05, 0.1) is 34.0 Å². The van der Waals surface area contributed by atoms with Gasteiger partial charge in [-0.25, -0.2) is 13.2 Å². The lowest BCUT2D eigenvalue weighted by Crippen LogP contribution is -2.30. The van der Waals surface area contributed by atoms with Crippen LogP contribution in [0.15, 0.2) is 71.6 Å². The summed E-state index contributed by atoms with van der Waals surface area (Å²) in [6.45, 7) is 1.38. The fourth-order valence-electron chi connectivity index (χ4n) is 2.83. The number of amides is 1. The van der Waals surface area contributed by atoms with Gasteiger partial charge in [0, 0.05) is 5.02 Å². The van der Waals surface area contributed by atoms with Gasteiger partial charge in [0.1, 0.15) is 5.75 Å². The summed E-state index contributed by atoms with van der Waals surface area (Å²) in [6, 6.07) is 16.3. The van der Waals surface area contributed by atoms with Crippen LogP contribution in [0.25, 0.3) is 0 Å². The molecule has 1 amide bonds. The Morgan fingerprint density at radius 2 is 1.68 bits per heavy atom. The molecule has 0 fully saturated rings. The number of carbonyl (C=O) groups is 2. The second kappa shape index (κ2) is 10.8. The molecule has 3 aromatic rings. The standard InChI is InChI=1S/C23H20Cl2N2O6S/c1-14(22(28)26-19-11-10-16(24)13-18(19)25)33-23(29)15-6-5-7-17(12-15)34(30,31)27-20-8-3-4-9-21(20)32-2/h3-14,27H,1-2H3,(H,26,28)/t14-/m0/s1. The smallest absolute Gasteiger partial charge is 0.338 e. The Bertz CT molecular complexity index is 1330. The summed E-state index contributed by atoms with van der Waals surface area (Å²) in [4.78, 5) is 24.8. The average molecular weight is 523 g/mol. The van der Waals surface area contributed by atoms with Crippen LogP contribution in [0.3, 0.4) is 0 Å². The number of para-hydroxylation sites is 2. The SMILES string of the molecule is COc1ccccc1NS(=O)(=O)c1cccc(C(=O)O[C@@H](C)C(=O)Nc2ccc(Cl)cc2Cl)c1. The number of benzene rings is 3. The van der Waals surface area contributed by atoms with Crippen molar-refractivity contribution in [2.24, 2.45) is 0 Å². The second-order valence-electron chi connectivity index (χ2n) is 6.99. The van der Waals surface area contributed by atoms with Crippen LogP contribution in [0.4, 0.5) is 11.4 Å². The number of carbonyl (C=O) groups excluding carboxylic acids is 2. The first-order valence-corrected chi connectivity index (χ1v) is 12.1. The number of halogens is 2. The molecule has 0 aromatic heterocycles. The quantitative estimate of drug-likeness (QED) is 0.403. The number of rotatable bonds is 8. The van der Waals surface area contributed by atoms with E-state index < -0.39 is 28.0 Å². The highest BCUT2D eigenvalue weighted by Gasteiger charge is 2.22. The summed E-state index contributed by atoms with van der Waals surface area (Å²) in [7, 11) is -2.62. The maximum absolute atomic E-state index is 12.8. The van der Waals surface area contributed by atoms with E-state index in [0.717, 1.165) is 6.07 Å². The van der Waals surface area contributed by atoms with Crippen molar-refractivity contribution in [3.05, 3.63) is 82.3 Å². The van der Waals surface area contributed by atoms with Gasteiger partial charge in [0.2, 0.25) is 0 Å². The fraction of sp³-hybridized carbons (Fsp3) is 0.130. The Hall–Kier alpha value is -3.27. The number of anilines is 2. The number of ether oxygens (including phenoxy) is 2. The molecule has 0 heterocycles. The molecule has 0 radical (unpaired) electrons. The van der Waals surface area contributed by atoms with Crippen LogP contribution >= 0.6 is 23.2 Å². The highest BCUT2D eigenvalue weighted by atomic mass is 35.5. The number of esters is 1. The Kier molecular flexibility index (Phi) is 8.03. The van der Waals surface area contributed by atoms with Crippen LogP contribution in [0.2, 0.25) is 10.0 Å². The highest BCUT2D eigenvalue weighted by Crippen LogP contribution is 2.27. The highest BCUT2D eigenvalue weighted by molar-refractivity contribution is 7.92. The van der Waals surface area contributed by atoms with E-state index in [4.69, 9.17) is 32.7 Å². The van der Waals surface area contributed by atoms with Crippen LogP contribution in [0.5, 0.6) is 5.75 Å². The van der Waals surface area contributed by atoms with Gasteiger partial charge in [-0.2, -0.15) is 0 Å². The summed E-state index contributed by atoms with van der Waals surface area (Å²) in [5.74, 6) is -1.17. The van der Waals surface area contributed by atoms with Gasteiger partial charge < -0.3 is 14.8 Å². The molecule has 0 aliphatic carbocycles.